The molecule has 1 fully saturated rings. The number of quaternary nitrogens is 1. The van der Waals surface area contributed by atoms with Gasteiger partial charge in [0.25, 0.3) is 0 Å². The van der Waals surface area contributed by atoms with Gasteiger partial charge in [0, 0.05) is 23.6 Å². The van der Waals surface area contributed by atoms with Crippen LogP contribution in [0.25, 0.3) is 0 Å². The van der Waals surface area contributed by atoms with E-state index >= 15 is 0 Å². The van der Waals surface area contributed by atoms with E-state index in [2.05, 4.69) is 16.0 Å². The first kappa shape index (κ1) is 34.3. The van der Waals surface area contributed by atoms with Crippen molar-refractivity contribution in [2.75, 3.05) is 11.9 Å². The van der Waals surface area contributed by atoms with Gasteiger partial charge in [-0.15, -0.1) is 0 Å². The summed E-state index contributed by atoms with van der Waals surface area (Å²) in [6, 6.07) is 7.71. The fourth-order valence-electron chi connectivity index (χ4n) is 3.79. The number of ether oxygens (including phenoxy) is 2. The second kappa shape index (κ2) is 13.8. The van der Waals surface area contributed by atoms with Crippen molar-refractivity contribution < 1.29 is 63.2 Å². The molecular formula is C25H31F3N4O10. The summed E-state index contributed by atoms with van der Waals surface area (Å²) in [5.74, 6) is -3.60. The number of aliphatic hydroxyl groups excluding tert-OH is 3. The third-order valence-electron chi connectivity index (χ3n) is 5.95. The number of carboxylic acid groups (broad SMARTS) is 1. The number of alkyl halides is 3. The Morgan fingerprint density at radius 3 is 2.29 bits per heavy atom. The van der Waals surface area contributed by atoms with Crippen LogP contribution in [0, 0.1) is 0 Å². The second-order valence-electron chi connectivity index (χ2n) is 9.94. The van der Waals surface area contributed by atoms with Crippen LogP contribution in [-0.2, 0) is 24.5 Å². The topological polar surface area (TPSA) is 228 Å². The van der Waals surface area contributed by atoms with Crippen LogP contribution in [0.2, 0.25) is 0 Å². The summed E-state index contributed by atoms with van der Waals surface area (Å²) in [5, 5.41) is 40.6. The van der Waals surface area contributed by atoms with Crippen molar-refractivity contribution in [2.45, 2.75) is 69.4 Å². The minimum absolute atomic E-state index is 0.00983. The number of aromatic nitrogens is 2. The van der Waals surface area contributed by atoms with Gasteiger partial charge >= 0.3 is 17.8 Å². The first-order chi connectivity index (χ1) is 19.4. The zero-order valence-electron chi connectivity index (χ0n) is 22.7. The number of benzene rings is 1. The predicted octanol–water partition coefficient (Wildman–Crippen LogP) is -2.00. The van der Waals surface area contributed by atoms with Crippen molar-refractivity contribution in [2.24, 2.45) is 0 Å². The minimum Gasteiger partial charge on any atom is -0.542 e. The van der Waals surface area contributed by atoms with E-state index in [-0.39, 0.29) is 12.2 Å². The minimum atomic E-state index is -5.19. The lowest BCUT2D eigenvalue weighted by Gasteiger charge is -2.26. The molecule has 7 N–H and O–H groups in total. The molecule has 42 heavy (non-hydrogen) atoms. The van der Waals surface area contributed by atoms with Crippen molar-refractivity contribution in [1.82, 2.24) is 9.55 Å². The fourth-order valence-corrected chi connectivity index (χ4v) is 3.79. The van der Waals surface area contributed by atoms with Crippen LogP contribution in [0.15, 0.2) is 41.3 Å². The third kappa shape index (κ3) is 8.80. The van der Waals surface area contributed by atoms with E-state index in [1.807, 2.05) is 13.8 Å². The number of halogens is 3. The van der Waals surface area contributed by atoms with Gasteiger partial charge in [0.05, 0.1) is 6.61 Å². The zero-order valence-corrected chi connectivity index (χ0v) is 22.7. The van der Waals surface area contributed by atoms with Crippen LogP contribution >= 0.6 is 0 Å². The molecule has 17 heteroatoms. The van der Waals surface area contributed by atoms with E-state index in [0.29, 0.717) is 11.3 Å². The number of carboxylic acids is 1. The number of aliphatic carboxylic acids is 1. The van der Waals surface area contributed by atoms with Crippen molar-refractivity contribution in [3.8, 4) is 5.75 Å². The monoisotopic (exact) mass is 604 g/mol. The highest BCUT2D eigenvalue weighted by Crippen LogP contribution is 2.35. The Morgan fingerprint density at radius 2 is 1.79 bits per heavy atom. The largest absolute Gasteiger partial charge is 0.542 e. The van der Waals surface area contributed by atoms with Crippen LogP contribution in [0.5, 0.6) is 5.75 Å². The molecule has 0 unspecified atom stereocenters. The lowest BCUT2D eigenvalue weighted by atomic mass is 9.80. The molecule has 3 rings (SSSR count). The van der Waals surface area contributed by atoms with Crippen LogP contribution in [0.1, 0.15) is 39.0 Å². The van der Waals surface area contributed by atoms with Gasteiger partial charge in [-0.3, -0.25) is 9.36 Å². The van der Waals surface area contributed by atoms with Crippen LogP contribution in [0.4, 0.5) is 19.0 Å². The van der Waals surface area contributed by atoms with Gasteiger partial charge in [-0.25, -0.2) is 9.59 Å². The lowest BCUT2D eigenvalue weighted by Crippen LogP contribution is -2.64. The second-order valence-corrected chi connectivity index (χ2v) is 9.94. The highest BCUT2D eigenvalue weighted by Gasteiger charge is 2.43. The maximum atomic E-state index is 12.8. The van der Waals surface area contributed by atoms with Crippen LogP contribution in [-0.4, -0.2) is 79.9 Å². The quantitative estimate of drug-likeness (QED) is 0.163. The number of rotatable bonds is 8. The number of anilines is 1. The molecule has 5 atom stereocenters. The van der Waals surface area contributed by atoms with Gasteiger partial charge in [-0.2, -0.15) is 18.2 Å². The number of hydrogen-bond donors (Lipinski definition) is 5. The maximum absolute atomic E-state index is 12.8. The summed E-state index contributed by atoms with van der Waals surface area (Å²) in [4.78, 5) is 49.9. The third-order valence-corrected chi connectivity index (χ3v) is 5.95. The van der Waals surface area contributed by atoms with E-state index in [1.165, 1.54) is 12.3 Å². The average Bonchev–Trinajstić information content (AvgIpc) is 3.17. The number of amides is 1. The standard InChI is InChI=1S/C23H30N4O8.C2HF3O2/c1-12(24)21(32)35-14-7-5-4-6-13(14)23(2,3)10-17(29)25-16-8-9-27(22(33)26-16)20-19(31)18(30)15(11-28)34-20;3-2(4,5)1(6)7/h4-9,12,15,18-20,28,30-31H,10-11,24H2,1-3H3,(H,25,26,29,33);(H,6,7)/t12-,15+,18+,19-,20+;/m0./s1. The molecule has 0 aliphatic carbocycles. The molecule has 1 aliphatic rings. The Kier molecular flexibility index (Phi) is 11.3. The van der Waals surface area contributed by atoms with E-state index in [1.54, 1.807) is 31.2 Å². The van der Waals surface area contributed by atoms with Gasteiger partial charge in [-0.1, -0.05) is 32.0 Å². The number of esters is 1. The van der Waals surface area contributed by atoms with Gasteiger partial charge in [0.1, 0.15) is 35.8 Å². The molecule has 2 aromatic rings. The number of carbonyl (C=O) groups excluding carboxylic acids is 3. The Bertz CT molecular complexity index is 1330. The van der Waals surface area contributed by atoms with E-state index in [0.717, 1.165) is 4.57 Å². The molecule has 1 saturated heterocycles. The predicted molar refractivity (Wildman–Crippen MR) is 133 cm³/mol. The van der Waals surface area contributed by atoms with Gasteiger partial charge in [0.2, 0.25) is 5.91 Å². The number of nitrogens with one attached hydrogen (secondary N) is 1. The summed E-state index contributed by atoms with van der Waals surface area (Å²) >= 11 is 0. The molecular weight excluding hydrogens is 573 g/mol. The summed E-state index contributed by atoms with van der Waals surface area (Å²) in [6.07, 6.45) is -9.01. The molecule has 1 aliphatic heterocycles. The SMILES string of the molecule is C[C@H]([NH3+])C(=O)Oc1ccccc1C(C)(C)CC(=O)Nc1ccn([C@@H]2O[C@H](CO)[C@@H](O)[C@@H]2O)c(=O)n1.O=C([O-])C(F)(F)F. The number of para-hydroxylation sites is 1. The highest BCUT2D eigenvalue weighted by molar-refractivity contribution is 5.90. The first-order valence-electron chi connectivity index (χ1n) is 12.3. The van der Waals surface area contributed by atoms with Gasteiger partial charge < -0.3 is 45.7 Å². The molecule has 1 aromatic carbocycles. The molecule has 2 heterocycles. The molecule has 0 bridgehead atoms. The molecule has 1 aromatic heterocycles. The molecule has 232 valence electrons. The molecule has 0 radical (unpaired) electrons. The number of hydrogen-bond acceptors (Lipinski definition) is 11. The summed E-state index contributed by atoms with van der Waals surface area (Å²) in [6.45, 7) is 4.73. The summed E-state index contributed by atoms with van der Waals surface area (Å²) in [5.41, 5.74) is 2.75. The summed E-state index contributed by atoms with van der Waals surface area (Å²) in [7, 11) is 0. The molecule has 0 spiro atoms. The highest BCUT2D eigenvalue weighted by atomic mass is 19.4. The van der Waals surface area contributed by atoms with Crippen molar-refractivity contribution in [3.05, 3.63) is 52.6 Å². The van der Waals surface area contributed by atoms with Crippen molar-refractivity contribution in [1.29, 1.82) is 0 Å². The number of carbonyl (C=O) groups is 3. The normalized spacial score (nSPS) is 21.1. The van der Waals surface area contributed by atoms with Gasteiger partial charge in [0.15, 0.2) is 12.3 Å². The number of aliphatic hydroxyl groups is 3. The van der Waals surface area contributed by atoms with E-state index < -0.39 is 72.3 Å². The summed E-state index contributed by atoms with van der Waals surface area (Å²) < 4.78 is 43.3. The Hall–Kier alpha value is -3.90. The van der Waals surface area contributed by atoms with E-state index in [4.69, 9.17) is 19.4 Å². The molecule has 0 saturated carbocycles. The van der Waals surface area contributed by atoms with Crippen LogP contribution < -0.4 is 26.6 Å². The first-order valence-corrected chi connectivity index (χ1v) is 12.3. The van der Waals surface area contributed by atoms with Crippen molar-refractivity contribution in [3.63, 3.8) is 0 Å². The Balaban J connectivity index is 0.000000782. The zero-order chi connectivity index (χ0) is 32.0. The Morgan fingerprint density at radius 1 is 1.19 bits per heavy atom. The number of nitrogens with zero attached hydrogens (tertiary/aromatic N) is 2. The lowest BCUT2D eigenvalue weighted by molar-refractivity contribution is -0.401. The molecule has 14 nitrogen and oxygen atoms in total. The van der Waals surface area contributed by atoms with Gasteiger partial charge in [-0.05, 0) is 19.1 Å². The van der Waals surface area contributed by atoms with Crippen molar-refractivity contribution >= 4 is 23.7 Å². The molecule has 1 amide bonds. The fraction of sp³-hybridized carbons (Fsp3) is 0.480. The average molecular weight is 605 g/mol. The van der Waals surface area contributed by atoms with E-state index in [9.17, 15) is 42.9 Å². The maximum Gasteiger partial charge on any atom is 0.430 e. The van der Waals surface area contributed by atoms with Crippen LogP contribution in [0.3, 0.4) is 0 Å². The smallest absolute Gasteiger partial charge is 0.430 e. The Labute approximate surface area is 236 Å².